The number of carbonyl (C=O) groups is 2. The van der Waals surface area contributed by atoms with Crippen LogP contribution in [0.4, 0.5) is 4.79 Å². The lowest BCUT2D eigenvalue weighted by molar-refractivity contribution is -0.137. The van der Waals surface area contributed by atoms with Crippen molar-refractivity contribution in [3.63, 3.8) is 0 Å². The van der Waals surface area contributed by atoms with Gasteiger partial charge in [-0.05, 0) is 28.7 Å². The van der Waals surface area contributed by atoms with E-state index in [0.717, 1.165) is 11.1 Å². The highest BCUT2D eigenvalue weighted by molar-refractivity contribution is 5.79. The maximum atomic E-state index is 11.8. The summed E-state index contributed by atoms with van der Waals surface area (Å²) in [6, 6.07) is 18.8. The maximum absolute atomic E-state index is 11.8. The van der Waals surface area contributed by atoms with Crippen LogP contribution >= 0.6 is 0 Å². The number of ether oxygens (including phenoxy) is 1. The molecule has 0 heterocycles. The van der Waals surface area contributed by atoms with Gasteiger partial charge in [-0.2, -0.15) is 0 Å². The Kier molecular flexibility index (Phi) is 5.55. The van der Waals surface area contributed by atoms with Gasteiger partial charge < -0.3 is 9.84 Å². The first-order chi connectivity index (χ1) is 12.7. The van der Waals surface area contributed by atoms with Crippen molar-refractivity contribution >= 4 is 12.1 Å². The molecule has 5 heteroatoms. The number of rotatable bonds is 5. The Morgan fingerprint density at radius 2 is 1.65 bits per heavy atom. The number of hydrogen-bond donors (Lipinski definition) is 2. The van der Waals surface area contributed by atoms with Crippen molar-refractivity contribution in [2.75, 3.05) is 6.61 Å². The summed E-state index contributed by atoms with van der Waals surface area (Å²) in [4.78, 5) is 22.2. The summed E-state index contributed by atoms with van der Waals surface area (Å²) in [5.41, 5.74) is 4.66. The van der Waals surface area contributed by atoms with Crippen molar-refractivity contribution in [2.24, 2.45) is 0 Å². The van der Waals surface area contributed by atoms with Crippen molar-refractivity contribution < 1.29 is 19.4 Å². The van der Waals surface area contributed by atoms with E-state index in [4.69, 9.17) is 9.84 Å². The number of benzene rings is 2. The Morgan fingerprint density at radius 1 is 1.04 bits per heavy atom. The molecule has 0 saturated carbocycles. The van der Waals surface area contributed by atoms with Crippen LogP contribution in [0.15, 0.2) is 48.5 Å². The fourth-order valence-corrected chi connectivity index (χ4v) is 3.12. The second kappa shape index (κ2) is 8.21. The summed E-state index contributed by atoms with van der Waals surface area (Å²) in [6.07, 6.45) is 0.335. The van der Waals surface area contributed by atoms with Crippen LogP contribution in [0.2, 0.25) is 0 Å². The first-order valence-electron chi connectivity index (χ1n) is 8.47. The van der Waals surface area contributed by atoms with Crippen LogP contribution in [0.3, 0.4) is 0 Å². The zero-order valence-electron chi connectivity index (χ0n) is 14.2. The number of fused-ring (bicyclic) bond motifs is 3. The van der Waals surface area contributed by atoms with Crippen molar-refractivity contribution in [3.05, 3.63) is 59.7 Å². The lowest BCUT2D eigenvalue weighted by Gasteiger charge is -2.13. The van der Waals surface area contributed by atoms with E-state index in [1.54, 1.807) is 0 Å². The lowest BCUT2D eigenvalue weighted by atomic mass is 9.98. The third-order valence-corrected chi connectivity index (χ3v) is 4.29. The standard InChI is InChI=1S/C21H19NO4/c23-20(24)12-2-1-7-13-22-21(25)26-14-19-17-10-5-3-8-15(17)16-9-4-6-11-18(16)19/h3-6,8-11,19H,1-2,12,14H2,(H,22,25)(H,23,24). The Hall–Kier alpha value is -3.26. The molecule has 5 nitrogen and oxygen atoms in total. The highest BCUT2D eigenvalue weighted by atomic mass is 16.5. The van der Waals surface area contributed by atoms with Gasteiger partial charge in [0, 0.05) is 24.8 Å². The molecule has 0 saturated heterocycles. The van der Waals surface area contributed by atoms with E-state index >= 15 is 0 Å². The molecule has 0 fully saturated rings. The minimum atomic E-state index is -0.851. The third kappa shape index (κ3) is 4.04. The number of amides is 1. The molecule has 0 radical (unpaired) electrons. The van der Waals surface area contributed by atoms with Gasteiger partial charge in [-0.25, -0.2) is 10.1 Å². The molecule has 132 valence electrons. The molecule has 0 aromatic heterocycles. The molecule has 0 spiro atoms. The Bertz CT molecular complexity index is 833. The largest absolute Gasteiger partial charge is 0.481 e. The number of aliphatic carboxylic acids is 1. The average Bonchev–Trinajstić information content (AvgIpc) is 2.96. The third-order valence-electron chi connectivity index (χ3n) is 4.29. The minimum Gasteiger partial charge on any atom is -0.481 e. The van der Waals surface area contributed by atoms with Gasteiger partial charge in [-0.3, -0.25) is 4.79 Å². The highest BCUT2D eigenvalue weighted by Crippen LogP contribution is 2.44. The average molecular weight is 349 g/mol. The monoisotopic (exact) mass is 349 g/mol. The Labute approximate surface area is 152 Å². The van der Waals surface area contributed by atoms with E-state index in [2.05, 4.69) is 41.5 Å². The number of hydrogen-bond acceptors (Lipinski definition) is 3. The molecule has 1 aliphatic carbocycles. The van der Waals surface area contributed by atoms with Crippen LogP contribution in [0, 0.1) is 12.0 Å². The van der Waals surface area contributed by atoms with Gasteiger partial charge in [0.05, 0.1) is 0 Å². The molecular formula is C21H19NO4. The van der Waals surface area contributed by atoms with Crippen LogP contribution in [-0.2, 0) is 9.53 Å². The summed E-state index contributed by atoms with van der Waals surface area (Å²) in [5, 5.41) is 10.9. The fraction of sp³-hybridized carbons (Fsp3) is 0.238. The van der Waals surface area contributed by atoms with Crippen LogP contribution in [0.5, 0.6) is 0 Å². The summed E-state index contributed by atoms with van der Waals surface area (Å²) in [5.74, 6) is 1.87. The molecule has 2 aromatic carbocycles. The molecule has 1 amide bonds. The van der Waals surface area contributed by atoms with Gasteiger partial charge in [0.15, 0.2) is 0 Å². The molecule has 1 aliphatic rings. The van der Waals surface area contributed by atoms with E-state index < -0.39 is 12.1 Å². The first-order valence-corrected chi connectivity index (χ1v) is 8.47. The zero-order valence-corrected chi connectivity index (χ0v) is 14.2. The van der Waals surface area contributed by atoms with Gasteiger partial charge in [0.2, 0.25) is 0 Å². The quantitative estimate of drug-likeness (QED) is 0.490. The number of alkyl carbamates (subject to hydrolysis) is 1. The Morgan fingerprint density at radius 3 is 2.27 bits per heavy atom. The molecule has 0 aliphatic heterocycles. The number of unbranched alkanes of at least 4 members (excludes halogenated alkanes) is 1. The molecule has 2 aromatic rings. The Balaban J connectivity index is 1.56. The van der Waals surface area contributed by atoms with Crippen molar-refractivity contribution in [1.82, 2.24) is 5.32 Å². The zero-order chi connectivity index (χ0) is 18.4. The van der Waals surface area contributed by atoms with E-state index in [1.165, 1.54) is 11.1 Å². The summed E-state index contributed by atoms with van der Waals surface area (Å²) >= 11 is 0. The number of carbonyl (C=O) groups excluding carboxylic acids is 1. The van der Waals surface area contributed by atoms with E-state index in [1.807, 2.05) is 24.3 Å². The van der Waals surface area contributed by atoms with Crippen LogP contribution < -0.4 is 5.32 Å². The predicted octanol–water partition coefficient (Wildman–Crippen LogP) is 3.74. The number of nitrogens with one attached hydrogen (secondary N) is 1. The SMILES string of the molecule is O=C(O)CCCC#CNC(=O)OCC1c2ccccc2-c2ccccc21. The molecule has 26 heavy (non-hydrogen) atoms. The maximum Gasteiger partial charge on any atom is 0.418 e. The van der Waals surface area contributed by atoms with Crippen LogP contribution in [0.1, 0.15) is 36.3 Å². The van der Waals surface area contributed by atoms with Crippen LogP contribution in [0.25, 0.3) is 11.1 Å². The molecular weight excluding hydrogens is 330 g/mol. The molecule has 0 atom stereocenters. The van der Waals surface area contributed by atoms with E-state index in [9.17, 15) is 9.59 Å². The smallest absolute Gasteiger partial charge is 0.418 e. The summed E-state index contributed by atoms with van der Waals surface area (Å²) in [7, 11) is 0. The summed E-state index contributed by atoms with van der Waals surface area (Å²) < 4.78 is 5.34. The molecule has 0 unspecified atom stereocenters. The highest BCUT2D eigenvalue weighted by Gasteiger charge is 2.28. The first kappa shape index (κ1) is 17.6. The molecule has 3 rings (SSSR count). The number of carboxylic acid groups (broad SMARTS) is 1. The summed E-state index contributed by atoms with van der Waals surface area (Å²) in [6.45, 7) is 0.237. The van der Waals surface area contributed by atoms with Gasteiger partial charge in [-0.15, -0.1) is 0 Å². The van der Waals surface area contributed by atoms with Crippen molar-refractivity contribution in [2.45, 2.75) is 25.2 Å². The van der Waals surface area contributed by atoms with Crippen LogP contribution in [-0.4, -0.2) is 23.8 Å². The second-order valence-corrected chi connectivity index (χ2v) is 6.00. The fourth-order valence-electron chi connectivity index (χ4n) is 3.12. The lowest BCUT2D eigenvalue weighted by Crippen LogP contribution is -2.21. The van der Waals surface area contributed by atoms with Crippen molar-refractivity contribution in [1.29, 1.82) is 0 Å². The van der Waals surface area contributed by atoms with Gasteiger partial charge in [-0.1, -0.05) is 54.5 Å². The topological polar surface area (TPSA) is 75.6 Å². The van der Waals surface area contributed by atoms with Gasteiger partial charge >= 0.3 is 12.1 Å². The number of carboxylic acids is 1. The van der Waals surface area contributed by atoms with E-state index in [0.29, 0.717) is 12.8 Å². The van der Waals surface area contributed by atoms with Gasteiger partial charge in [0.25, 0.3) is 0 Å². The van der Waals surface area contributed by atoms with E-state index in [-0.39, 0.29) is 18.9 Å². The molecule has 2 N–H and O–H groups in total. The minimum absolute atomic E-state index is 0.0108. The molecule has 0 bridgehead atoms. The normalized spacial score (nSPS) is 11.7. The second-order valence-electron chi connectivity index (χ2n) is 6.00. The van der Waals surface area contributed by atoms with Gasteiger partial charge in [0.1, 0.15) is 6.61 Å². The predicted molar refractivity (Wildman–Crippen MR) is 97.5 cm³/mol. The van der Waals surface area contributed by atoms with Crippen molar-refractivity contribution in [3.8, 4) is 23.1 Å².